The first-order valence-corrected chi connectivity index (χ1v) is 4.53. The minimum absolute atomic E-state index is 0.555. The number of hydrogen-bond acceptors (Lipinski definition) is 5. The Morgan fingerprint density at radius 1 is 1.54 bits per heavy atom. The molecule has 0 spiro atoms. The fraction of sp³-hybridized carbons (Fsp3) is 0.250. The first kappa shape index (κ1) is 9.61. The summed E-state index contributed by atoms with van der Waals surface area (Å²) in [6.07, 6.45) is 1.89. The van der Waals surface area contributed by atoms with Crippen LogP contribution in [0.5, 0.6) is 0 Å². The SMILES string of the molecule is O=c1n[c]n(CS(=O)(=O)O)[nH]c1=O. The van der Waals surface area contributed by atoms with Gasteiger partial charge in [-0.2, -0.15) is 13.4 Å². The monoisotopic (exact) mass is 206 g/mol. The zero-order valence-corrected chi connectivity index (χ0v) is 6.91. The Hall–Kier alpha value is -1.48. The van der Waals surface area contributed by atoms with Crippen molar-refractivity contribution in [3.63, 3.8) is 0 Å². The van der Waals surface area contributed by atoms with Crippen LogP contribution in [0.25, 0.3) is 0 Å². The predicted octanol–water partition coefficient (Wildman–Crippen LogP) is -2.42. The van der Waals surface area contributed by atoms with Gasteiger partial charge in [0, 0.05) is 0 Å². The average Bonchev–Trinajstić information content (AvgIpc) is 1.94. The first-order valence-electron chi connectivity index (χ1n) is 2.92. The Kier molecular flexibility index (Phi) is 2.30. The summed E-state index contributed by atoms with van der Waals surface area (Å²) in [6.45, 7) is 0. The standard InChI is InChI=1S/C4H4N3O5S/c8-3-4(9)6-7(1-5-3)2-13(10,11)12/h2H2,(H,6,9)(H,10,11,12). The molecule has 1 heterocycles. The van der Waals surface area contributed by atoms with E-state index in [0.29, 0.717) is 4.68 Å². The molecule has 0 aromatic carbocycles. The van der Waals surface area contributed by atoms with Crippen LogP contribution in [0, 0.1) is 6.33 Å². The zero-order valence-electron chi connectivity index (χ0n) is 6.09. The van der Waals surface area contributed by atoms with Gasteiger partial charge in [-0.3, -0.25) is 19.2 Å². The Balaban J connectivity index is 3.14. The van der Waals surface area contributed by atoms with E-state index in [1.807, 2.05) is 11.4 Å². The van der Waals surface area contributed by atoms with Crippen molar-refractivity contribution in [1.29, 1.82) is 0 Å². The van der Waals surface area contributed by atoms with E-state index in [4.69, 9.17) is 4.55 Å². The van der Waals surface area contributed by atoms with Crippen molar-refractivity contribution < 1.29 is 13.0 Å². The highest BCUT2D eigenvalue weighted by Crippen LogP contribution is 1.84. The van der Waals surface area contributed by atoms with Crippen LogP contribution in [0.3, 0.4) is 0 Å². The largest absolute Gasteiger partial charge is 0.338 e. The summed E-state index contributed by atoms with van der Waals surface area (Å²) in [5.41, 5.74) is -2.16. The highest BCUT2D eigenvalue weighted by atomic mass is 32.2. The maximum absolute atomic E-state index is 10.6. The molecule has 2 N–H and O–H groups in total. The molecule has 0 bridgehead atoms. The second-order valence-electron chi connectivity index (χ2n) is 2.10. The molecule has 0 aliphatic rings. The second kappa shape index (κ2) is 3.11. The fourth-order valence-corrected chi connectivity index (χ4v) is 1.02. The van der Waals surface area contributed by atoms with Crippen LogP contribution in [0.15, 0.2) is 9.59 Å². The Morgan fingerprint density at radius 3 is 2.62 bits per heavy atom. The number of H-pyrrole nitrogens is 1. The van der Waals surface area contributed by atoms with Crippen LogP contribution < -0.4 is 11.1 Å². The fourth-order valence-electron chi connectivity index (χ4n) is 0.576. The third-order valence-electron chi connectivity index (χ3n) is 0.995. The molecule has 0 unspecified atom stereocenters. The molecule has 1 rings (SSSR count). The van der Waals surface area contributed by atoms with Crippen LogP contribution in [0.4, 0.5) is 0 Å². The van der Waals surface area contributed by atoms with Crippen molar-refractivity contribution in [2.75, 3.05) is 0 Å². The molecule has 1 aromatic heterocycles. The van der Waals surface area contributed by atoms with Crippen molar-refractivity contribution in [2.24, 2.45) is 0 Å². The van der Waals surface area contributed by atoms with E-state index < -0.39 is 27.1 Å². The molecule has 1 radical (unpaired) electrons. The van der Waals surface area contributed by atoms with Crippen molar-refractivity contribution in [3.8, 4) is 0 Å². The zero-order chi connectivity index (χ0) is 10.1. The molecule has 8 nitrogen and oxygen atoms in total. The maximum atomic E-state index is 10.6. The molecule has 0 atom stereocenters. The molecule has 0 saturated heterocycles. The smallest absolute Gasteiger partial charge is 0.284 e. The van der Waals surface area contributed by atoms with Gasteiger partial charge >= 0.3 is 11.1 Å². The molecule has 0 amide bonds. The second-order valence-corrected chi connectivity index (χ2v) is 3.52. The van der Waals surface area contributed by atoms with Gasteiger partial charge in [0.2, 0.25) is 0 Å². The summed E-state index contributed by atoms with van der Waals surface area (Å²) in [4.78, 5) is 23.9. The van der Waals surface area contributed by atoms with Gasteiger partial charge in [0.15, 0.2) is 12.2 Å². The summed E-state index contributed by atoms with van der Waals surface area (Å²) in [7, 11) is -4.29. The number of nitrogens with one attached hydrogen (secondary N) is 1. The van der Waals surface area contributed by atoms with E-state index >= 15 is 0 Å². The molecule has 0 aliphatic heterocycles. The first-order chi connectivity index (χ1) is 5.88. The molecule has 1 aromatic rings. The molecule has 71 valence electrons. The average molecular weight is 206 g/mol. The van der Waals surface area contributed by atoms with Gasteiger partial charge in [0.25, 0.3) is 10.1 Å². The molecular weight excluding hydrogens is 202 g/mol. The van der Waals surface area contributed by atoms with Gasteiger partial charge in [-0.25, -0.2) is 4.68 Å². The summed E-state index contributed by atoms with van der Waals surface area (Å²) in [5, 5.41) is 1.82. The molecule has 0 aliphatic carbocycles. The highest BCUT2D eigenvalue weighted by Gasteiger charge is 2.06. The van der Waals surface area contributed by atoms with Crippen molar-refractivity contribution in [2.45, 2.75) is 5.88 Å². The number of aromatic amines is 1. The lowest BCUT2D eigenvalue weighted by Crippen LogP contribution is -2.34. The number of aromatic nitrogens is 3. The topological polar surface area (TPSA) is 122 Å². The highest BCUT2D eigenvalue weighted by molar-refractivity contribution is 7.84. The lowest BCUT2D eigenvalue weighted by Gasteiger charge is -1.99. The van der Waals surface area contributed by atoms with Gasteiger partial charge in [-0.1, -0.05) is 0 Å². The molecule has 9 heteroatoms. The van der Waals surface area contributed by atoms with E-state index in [1.165, 1.54) is 0 Å². The molecule has 0 saturated carbocycles. The Morgan fingerprint density at radius 2 is 2.15 bits per heavy atom. The van der Waals surface area contributed by atoms with E-state index in [2.05, 4.69) is 4.98 Å². The number of hydrogen-bond donors (Lipinski definition) is 2. The van der Waals surface area contributed by atoms with Gasteiger partial charge in [-0.15, -0.1) is 0 Å². The quantitative estimate of drug-likeness (QED) is 0.410. The third-order valence-corrected chi connectivity index (χ3v) is 1.58. The van der Waals surface area contributed by atoms with E-state index in [9.17, 15) is 18.0 Å². The van der Waals surface area contributed by atoms with Crippen molar-refractivity contribution in [1.82, 2.24) is 14.8 Å². The lowest BCUT2D eigenvalue weighted by atomic mass is 10.8. The van der Waals surface area contributed by atoms with Crippen LogP contribution in [-0.2, 0) is 16.0 Å². The van der Waals surface area contributed by atoms with Gasteiger partial charge in [0.1, 0.15) is 0 Å². The van der Waals surface area contributed by atoms with Gasteiger partial charge < -0.3 is 0 Å². The lowest BCUT2D eigenvalue weighted by molar-refractivity contribution is 0.462. The van der Waals surface area contributed by atoms with Crippen LogP contribution in [-0.4, -0.2) is 27.7 Å². The van der Waals surface area contributed by atoms with Crippen LogP contribution >= 0.6 is 0 Å². The third kappa shape index (κ3) is 2.80. The van der Waals surface area contributed by atoms with Crippen molar-refractivity contribution in [3.05, 3.63) is 27.0 Å². The van der Waals surface area contributed by atoms with E-state index in [-0.39, 0.29) is 0 Å². The van der Waals surface area contributed by atoms with Crippen molar-refractivity contribution >= 4 is 10.1 Å². The summed E-state index contributed by atoms with van der Waals surface area (Å²) >= 11 is 0. The van der Waals surface area contributed by atoms with E-state index in [1.54, 1.807) is 0 Å². The number of rotatable bonds is 2. The number of nitrogens with zero attached hydrogens (tertiary/aromatic N) is 2. The normalized spacial score (nSPS) is 11.5. The summed E-state index contributed by atoms with van der Waals surface area (Å²) < 4.78 is 29.5. The van der Waals surface area contributed by atoms with E-state index in [0.717, 1.165) is 0 Å². The van der Waals surface area contributed by atoms with Gasteiger partial charge in [0.05, 0.1) is 0 Å². The van der Waals surface area contributed by atoms with Crippen LogP contribution in [0.2, 0.25) is 0 Å². The Labute approximate surface area is 71.6 Å². The molecule has 13 heavy (non-hydrogen) atoms. The summed E-state index contributed by atoms with van der Waals surface area (Å²) in [5.74, 6) is -0.907. The summed E-state index contributed by atoms with van der Waals surface area (Å²) in [6, 6.07) is 0. The molecular formula is C4H4N3O5S. The van der Waals surface area contributed by atoms with Gasteiger partial charge in [-0.05, 0) is 0 Å². The maximum Gasteiger partial charge on any atom is 0.338 e. The minimum Gasteiger partial charge on any atom is -0.284 e. The predicted molar refractivity (Wildman–Crippen MR) is 39.5 cm³/mol. The van der Waals surface area contributed by atoms with Crippen LogP contribution in [0.1, 0.15) is 0 Å². The Bertz CT molecular complexity index is 511. The molecule has 0 fully saturated rings. The minimum atomic E-state index is -4.29.